The molecule has 0 spiro atoms. The Morgan fingerprint density at radius 1 is 0.935 bits per heavy atom. The highest BCUT2D eigenvalue weighted by molar-refractivity contribution is 7.99. The number of thioether (sulfide) groups is 1. The summed E-state index contributed by atoms with van der Waals surface area (Å²) in [5, 5.41) is 14.3. The minimum Gasteiger partial charge on any atom is -0.333 e. The van der Waals surface area contributed by atoms with E-state index in [1.807, 2.05) is 87.7 Å². The van der Waals surface area contributed by atoms with Crippen LogP contribution in [0.5, 0.6) is 0 Å². The van der Waals surface area contributed by atoms with E-state index in [-0.39, 0.29) is 5.75 Å². The van der Waals surface area contributed by atoms with E-state index in [4.69, 9.17) is 0 Å². The molecule has 0 aliphatic carbocycles. The summed E-state index contributed by atoms with van der Waals surface area (Å²) in [5.41, 5.74) is 3.71. The first-order valence-electron chi connectivity index (χ1n) is 9.97. The highest BCUT2D eigenvalue weighted by Crippen LogP contribution is 2.28. The average molecular weight is 438 g/mol. The Balaban J connectivity index is 1.83. The maximum absolute atomic E-state index is 12.3. The Labute approximate surface area is 186 Å². The Morgan fingerprint density at radius 2 is 1.52 bits per heavy atom. The zero-order chi connectivity index (χ0) is 22.6. The molecule has 0 fully saturated rings. The summed E-state index contributed by atoms with van der Waals surface area (Å²) >= 11 is 1.23. The molecule has 162 valence electrons. The highest BCUT2D eigenvalue weighted by atomic mass is 32.2. The standard InChI is InChI=1S/C23H27N5O2S/c1-15-6-10-17(11-7-15)20-26-27-22(28(20)18-12-8-16(2)9-13-18)31-14-19(29)24-21(30)25-23(3,4)5/h6-13H,14H2,1-5H3,(H2,24,25,29,30). The van der Waals surface area contributed by atoms with Gasteiger partial charge in [-0.05, 0) is 46.8 Å². The van der Waals surface area contributed by atoms with E-state index < -0.39 is 17.5 Å². The van der Waals surface area contributed by atoms with Crippen LogP contribution in [0.3, 0.4) is 0 Å². The smallest absolute Gasteiger partial charge is 0.321 e. The lowest BCUT2D eigenvalue weighted by Gasteiger charge is -2.20. The third kappa shape index (κ3) is 6.18. The van der Waals surface area contributed by atoms with Crippen molar-refractivity contribution in [3.63, 3.8) is 0 Å². The lowest BCUT2D eigenvalue weighted by molar-refractivity contribution is -0.117. The number of aromatic nitrogens is 3. The number of carbonyl (C=O) groups is 2. The van der Waals surface area contributed by atoms with Crippen molar-refractivity contribution in [3.05, 3.63) is 59.7 Å². The van der Waals surface area contributed by atoms with Crippen LogP contribution in [0.1, 0.15) is 31.9 Å². The molecule has 0 aliphatic heterocycles. The topological polar surface area (TPSA) is 88.9 Å². The molecule has 3 aromatic rings. The summed E-state index contributed by atoms with van der Waals surface area (Å²) in [6.45, 7) is 9.61. The molecule has 0 radical (unpaired) electrons. The van der Waals surface area contributed by atoms with Crippen LogP contribution in [0.4, 0.5) is 4.79 Å². The van der Waals surface area contributed by atoms with Gasteiger partial charge in [-0.2, -0.15) is 0 Å². The summed E-state index contributed by atoms with van der Waals surface area (Å²) in [5.74, 6) is 0.328. The van der Waals surface area contributed by atoms with Crippen molar-refractivity contribution in [1.29, 1.82) is 0 Å². The molecule has 31 heavy (non-hydrogen) atoms. The minimum absolute atomic E-state index is 0.0372. The van der Waals surface area contributed by atoms with Gasteiger partial charge in [0.2, 0.25) is 5.91 Å². The van der Waals surface area contributed by atoms with Gasteiger partial charge in [0.25, 0.3) is 0 Å². The van der Waals surface area contributed by atoms with E-state index in [2.05, 4.69) is 20.8 Å². The Morgan fingerprint density at radius 3 is 2.10 bits per heavy atom. The van der Waals surface area contributed by atoms with Gasteiger partial charge in [0, 0.05) is 16.8 Å². The number of imide groups is 1. The fourth-order valence-electron chi connectivity index (χ4n) is 2.84. The predicted octanol–water partition coefficient (Wildman–Crippen LogP) is 4.27. The SMILES string of the molecule is Cc1ccc(-c2nnc(SCC(=O)NC(=O)NC(C)(C)C)n2-c2ccc(C)cc2)cc1. The number of carbonyl (C=O) groups excluding carboxylic acids is 2. The summed E-state index contributed by atoms with van der Waals surface area (Å²) < 4.78 is 1.93. The van der Waals surface area contributed by atoms with E-state index in [1.54, 1.807) is 0 Å². The normalized spacial score (nSPS) is 11.3. The van der Waals surface area contributed by atoms with Crippen LogP contribution < -0.4 is 10.6 Å². The first-order valence-corrected chi connectivity index (χ1v) is 11.0. The monoisotopic (exact) mass is 437 g/mol. The van der Waals surface area contributed by atoms with Crippen molar-refractivity contribution in [2.24, 2.45) is 0 Å². The van der Waals surface area contributed by atoms with Gasteiger partial charge in [-0.25, -0.2) is 4.79 Å². The first-order chi connectivity index (χ1) is 14.6. The van der Waals surface area contributed by atoms with E-state index in [0.29, 0.717) is 11.0 Å². The lowest BCUT2D eigenvalue weighted by Crippen LogP contribution is -2.48. The molecule has 8 heteroatoms. The molecule has 0 saturated heterocycles. The number of rotatable bonds is 5. The number of aryl methyl sites for hydroxylation is 2. The van der Waals surface area contributed by atoms with Crippen molar-refractivity contribution < 1.29 is 9.59 Å². The second-order valence-electron chi connectivity index (χ2n) is 8.38. The average Bonchev–Trinajstić information content (AvgIpc) is 3.10. The van der Waals surface area contributed by atoms with Gasteiger partial charge in [-0.3, -0.25) is 14.7 Å². The molecular formula is C23H27N5O2S. The molecule has 0 aliphatic rings. The number of nitrogens with one attached hydrogen (secondary N) is 2. The number of benzene rings is 2. The van der Waals surface area contributed by atoms with Gasteiger partial charge >= 0.3 is 6.03 Å². The van der Waals surface area contributed by atoms with Crippen molar-refractivity contribution in [3.8, 4) is 17.1 Å². The Bertz CT molecular complexity index is 1070. The van der Waals surface area contributed by atoms with Crippen LogP contribution in [0.2, 0.25) is 0 Å². The Hall–Kier alpha value is -3.13. The first kappa shape index (κ1) is 22.6. The van der Waals surface area contributed by atoms with Crippen molar-refractivity contribution in [2.45, 2.75) is 45.3 Å². The van der Waals surface area contributed by atoms with E-state index in [1.165, 1.54) is 11.8 Å². The third-order valence-electron chi connectivity index (χ3n) is 4.31. The molecule has 0 atom stereocenters. The van der Waals surface area contributed by atoms with Crippen LogP contribution in [-0.2, 0) is 4.79 Å². The van der Waals surface area contributed by atoms with Crippen LogP contribution in [0, 0.1) is 13.8 Å². The quantitative estimate of drug-likeness (QED) is 0.582. The summed E-state index contributed by atoms with van der Waals surface area (Å²) in [4.78, 5) is 24.2. The lowest BCUT2D eigenvalue weighted by atomic mass is 10.1. The largest absolute Gasteiger partial charge is 0.333 e. The zero-order valence-corrected chi connectivity index (χ0v) is 19.2. The molecule has 1 heterocycles. The predicted molar refractivity (Wildman–Crippen MR) is 123 cm³/mol. The second-order valence-corrected chi connectivity index (χ2v) is 9.33. The van der Waals surface area contributed by atoms with Crippen molar-refractivity contribution >= 4 is 23.7 Å². The minimum atomic E-state index is -0.515. The highest BCUT2D eigenvalue weighted by Gasteiger charge is 2.19. The van der Waals surface area contributed by atoms with Crippen molar-refractivity contribution in [2.75, 3.05) is 5.75 Å². The van der Waals surface area contributed by atoms with Crippen LogP contribution in [-0.4, -0.2) is 38.0 Å². The maximum atomic E-state index is 12.3. The Kier molecular flexibility index (Phi) is 6.80. The van der Waals surface area contributed by atoms with Gasteiger partial charge in [-0.1, -0.05) is 59.3 Å². The van der Waals surface area contributed by atoms with Gasteiger partial charge in [0.1, 0.15) is 0 Å². The van der Waals surface area contributed by atoms with E-state index >= 15 is 0 Å². The molecule has 2 N–H and O–H groups in total. The van der Waals surface area contributed by atoms with Gasteiger partial charge in [0.05, 0.1) is 5.75 Å². The molecule has 0 unspecified atom stereocenters. The fraction of sp³-hybridized carbons (Fsp3) is 0.304. The number of hydrogen-bond acceptors (Lipinski definition) is 5. The third-order valence-corrected chi connectivity index (χ3v) is 5.24. The number of urea groups is 1. The number of hydrogen-bond donors (Lipinski definition) is 2. The van der Waals surface area contributed by atoms with E-state index in [0.717, 1.165) is 22.4 Å². The molecule has 3 rings (SSSR count). The van der Waals surface area contributed by atoms with Crippen molar-refractivity contribution in [1.82, 2.24) is 25.4 Å². The molecular weight excluding hydrogens is 410 g/mol. The second kappa shape index (κ2) is 9.34. The molecule has 0 saturated carbocycles. The molecule has 7 nitrogen and oxygen atoms in total. The van der Waals surface area contributed by atoms with E-state index in [9.17, 15) is 9.59 Å². The summed E-state index contributed by atoms with van der Waals surface area (Å²) in [6.07, 6.45) is 0. The van der Waals surface area contributed by atoms with Gasteiger partial charge in [-0.15, -0.1) is 10.2 Å². The summed E-state index contributed by atoms with van der Waals surface area (Å²) in [6, 6.07) is 15.6. The zero-order valence-electron chi connectivity index (χ0n) is 18.4. The number of nitrogens with zero attached hydrogens (tertiary/aromatic N) is 3. The van der Waals surface area contributed by atoms with Gasteiger partial charge < -0.3 is 5.32 Å². The number of amides is 3. The molecule has 0 bridgehead atoms. The van der Waals surface area contributed by atoms with Gasteiger partial charge in [0.15, 0.2) is 11.0 Å². The fourth-order valence-corrected chi connectivity index (χ4v) is 3.60. The molecule has 3 amide bonds. The van der Waals surface area contributed by atoms with Crippen LogP contribution in [0.25, 0.3) is 17.1 Å². The van der Waals surface area contributed by atoms with Crippen LogP contribution >= 0.6 is 11.8 Å². The summed E-state index contributed by atoms with van der Waals surface area (Å²) in [7, 11) is 0. The molecule has 2 aromatic carbocycles. The van der Waals surface area contributed by atoms with Crippen LogP contribution in [0.15, 0.2) is 53.7 Å². The maximum Gasteiger partial charge on any atom is 0.321 e. The molecule has 1 aromatic heterocycles.